The fourth-order valence-corrected chi connectivity index (χ4v) is 2.52. The van der Waals surface area contributed by atoms with Gasteiger partial charge in [-0.3, -0.25) is 14.9 Å². The molecule has 0 aliphatic rings. The molecule has 1 heterocycles. The van der Waals surface area contributed by atoms with Crippen molar-refractivity contribution >= 4 is 35.2 Å². The van der Waals surface area contributed by atoms with Crippen molar-refractivity contribution in [2.75, 3.05) is 10.6 Å². The molecule has 1 aromatic carbocycles. The topological polar surface area (TPSA) is 84.0 Å². The van der Waals surface area contributed by atoms with Crippen LogP contribution in [0.1, 0.15) is 13.8 Å². The number of hydrogen-bond acceptors (Lipinski definition) is 5. The zero-order valence-electron chi connectivity index (χ0n) is 12.2. The van der Waals surface area contributed by atoms with E-state index >= 15 is 0 Å². The van der Waals surface area contributed by atoms with Gasteiger partial charge < -0.3 is 5.32 Å². The molecule has 0 bridgehead atoms. The second kappa shape index (κ2) is 7.56. The van der Waals surface area contributed by atoms with E-state index in [2.05, 4.69) is 20.6 Å². The number of benzene rings is 1. The number of aromatic nitrogens is 2. The summed E-state index contributed by atoms with van der Waals surface area (Å²) in [6, 6.07) is 9.01. The smallest absolute Gasteiger partial charge is 0.239 e. The molecule has 2 aromatic rings. The van der Waals surface area contributed by atoms with Gasteiger partial charge >= 0.3 is 0 Å². The van der Waals surface area contributed by atoms with Crippen molar-refractivity contribution in [1.29, 1.82) is 0 Å². The molecule has 2 amide bonds. The van der Waals surface area contributed by atoms with Gasteiger partial charge in [0.25, 0.3) is 0 Å². The van der Waals surface area contributed by atoms with E-state index < -0.39 is 0 Å². The van der Waals surface area contributed by atoms with Gasteiger partial charge in [-0.25, -0.2) is 9.97 Å². The van der Waals surface area contributed by atoms with Crippen LogP contribution in [-0.4, -0.2) is 27.0 Å². The minimum absolute atomic E-state index is 0.115. The average molecular weight is 316 g/mol. The summed E-state index contributed by atoms with van der Waals surface area (Å²) in [4.78, 5) is 31.9. The van der Waals surface area contributed by atoms with Crippen LogP contribution in [0.15, 0.2) is 47.6 Å². The molecule has 1 aromatic heterocycles. The highest BCUT2D eigenvalue weighted by molar-refractivity contribution is 8.00. The molecule has 0 saturated heterocycles. The molecule has 114 valence electrons. The molecule has 0 spiro atoms. The Hall–Kier alpha value is -2.41. The van der Waals surface area contributed by atoms with E-state index in [4.69, 9.17) is 0 Å². The molecule has 6 nitrogen and oxygen atoms in total. The third-order valence-electron chi connectivity index (χ3n) is 2.66. The van der Waals surface area contributed by atoms with Gasteiger partial charge in [-0.15, -0.1) is 11.8 Å². The van der Waals surface area contributed by atoms with E-state index in [1.165, 1.54) is 18.7 Å². The van der Waals surface area contributed by atoms with E-state index in [1.807, 2.05) is 19.1 Å². The summed E-state index contributed by atoms with van der Waals surface area (Å²) in [5, 5.41) is 5.06. The van der Waals surface area contributed by atoms with Crippen molar-refractivity contribution < 1.29 is 9.59 Å². The van der Waals surface area contributed by atoms with Gasteiger partial charge in [0.2, 0.25) is 17.8 Å². The monoisotopic (exact) mass is 316 g/mol. The van der Waals surface area contributed by atoms with E-state index in [9.17, 15) is 9.59 Å². The van der Waals surface area contributed by atoms with Crippen LogP contribution in [0.2, 0.25) is 0 Å². The molecule has 0 radical (unpaired) electrons. The molecule has 0 saturated carbocycles. The summed E-state index contributed by atoms with van der Waals surface area (Å²) in [6.45, 7) is 3.27. The summed E-state index contributed by atoms with van der Waals surface area (Å²) < 4.78 is 0. The molecule has 2 N–H and O–H groups in total. The first kappa shape index (κ1) is 16.0. The third-order valence-corrected chi connectivity index (χ3v) is 3.77. The summed E-state index contributed by atoms with van der Waals surface area (Å²) in [5.41, 5.74) is 0.728. The van der Waals surface area contributed by atoms with E-state index in [0.29, 0.717) is 5.95 Å². The standard InChI is InChI=1S/C15H16N4O2S/c1-10(14(21)19-15-16-8-3-9-17-15)22-13-6-4-12(5-7-13)18-11(2)20/h3-10H,1-2H3,(H,18,20)(H,16,17,19,21). The normalized spacial score (nSPS) is 11.5. The quantitative estimate of drug-likeness (QED) is 0.828. The van der Waals surface area contributed by atoms with E-state index in [1.54, 1.807) is 30.6 Å². The Labute approximate surface area is 132 Å². The van der Waals surface area contributed by atoms with Crippen molar-refractivity contribution in [1.82, 2.24) is 9.97 Å². The Kier molecular flexibility index (Phi) is 5.48. The first-order chi connectivity index (χ1) is 10.5. The number of carbonyl (C=O) groups excluding carboxylic acids is 2. The molecule has 0 aliphatic carbocycles. The number of nitrogens with zero attached hydrogens (tertiary/aromatic N) is 2. The third kappa shape index (κ3) is 4.85. The lowest BCUT2D eigenvalue weighted by Crippen LogP contribution is -2.23. The van der Waals surface area contributed by atoms with Gasteiger partial charge in [-0.2, -0.15) is 0 Å². The fraction of sp³-hybridized carbons (Fsp3) is 0.200. The van der Waals surface area contributed by atoms with Crippen LogP contribution in [0.25, 0.3) is 0 Å². The molecule has 0 aliphatic heterocycles. The zero-order valence-corrected chi connectivity index (χ0v) is 13.1. The number of amides is 2. The lowest BCUT2D eigenvalue weighted by molar-refractivity contribution is -0.115. The van der Waals surface area contributed by atoms with Crippen molar-refractivity contribution in [2.24, 2.45) is 0 Å². The van der Waals surface area contributed by atoms with Gasteiger partial charge in [0.1, 0.15) is 0 Å². The maximum absolute atomic E-state index is 12.1. The highest BCUT2D eigenvalue weighted by Crippen LogP contribution is 2.25. The molecule has 0 fully saturated rings. The minimum atomic E-state index is -0.296. The molecular weight excluding hydrogens is 300 g/mol. The predicted octanol–water partition coefficient (Wildman–Crippen LogP) is 2.55. The van der Waals surface area contributed by atoms with Crippen LogP contribution in [0.3, 0.4) is 0 Å². The van der Waals surface area contributed by atoms with Crippen LogP contribution in [0, 0.1) is 0 Å². The molecule has 2 rings (SSSR count). The summed E-state index contributed by atoms with van der Waals surface area (Å²) in [6.07, 6.45) is 3.14. The van der Waals surface area contributed by atoms with Crippen molar-refractivity contribution in [3.05, 3.63) is 42.7 Å². The lowest BCUT2D eigenvalue weighted by Gasteiger charge is -2.11. The van der Waals surface area contributed by atoms with E-state index in [0.717, 1.165) is 10.6 Å². The SMILES string of the molecule is CC(=O)Nc1ccc(SC(C)C(=O)Nc2ncccn2)cc1. The maximum atomic E-state index is 12.1. The summed E-state index contributed by atoms with van der Waals surface area (Å²) in [5.74, 6) is 0.0131. The van der Waals surface area contributed by atoms with Gasteiger partial charge in [0.05, 0.1) is 5.25 Å². The van der Waals surface area contributed by atoms with Gasteiger partial charge in [-0.05, 0) is 37.3 Å². The Morgan fingerprint density at radius 2 is 1.73 bits per heavy atom. The number of thioether (sulfide) groups is 1. The van der Waals surface area contributed by atoms with Crippen LogP contribution < -0.4 is 10.6 Å². The van der Waals surface area contributed by atoms with Crippen LogP contribution >= 0.6 is 11.8 Å². The maximum Gasteiger partial charge on any atom is 0.239 e. The minimum Gasteiger partial charge on any atom is -0.326 e. The second-order valence-electron chi connectivity index (χ2n) is 4.53. The van der Waals surface area contributed by atoms with Crippen molar-refractivity contribution in [3.63, 3.8) is 0 Å². The largest absolute Gasteiger partial charge is 0.326 e. The number of nitrogens with one attached hydrogen (secondary N) is 2. The fourth-order valence-electron chi connectivity index (χ4n) is 1.65. The Morgan fingerprint density at radius 1 is 1.09 bits per heavy atom. The average Bonchev–Trinajstić information content (AvgIpc) is 2.49. The summed E-state index contributed by atoms with van der Waals surface area (Å²) >= 11 is 1.42. The number of anilines is 2. The first-order valence-electron chi connectivity index (χ1n) is 6.67. The Bertz CT molecular complexity index is 646. The number of carbonyl (C=O) groups is 2. The van der Waals surface area contributed by atoms with E-state index in [-0.39, 0.29) is 17.1 Å². The second-order valence-corrected chi connectivity index (χ2v) is 5.94. The predicted molar refractivity (Wildman–Crippen MR) is 86.7 cm³/mol. The summed E-state index contributed by atoms with van der Waals surface area (Å²) in [7, 11) is 0. The van der Waals surface area contributed by atoms with Gasteiger partial charge in [0.15, 0.2) is 0 Å². The molecule has 7 heteroatoms. The highest BCUT2D eigenvalue weighted by atomic mass is 32.2. The number of rotatable bonds is 5. The number of hydrogen-bond donors (Lipinski definition) is 2. The highest BCUT2D eigenvalue weighted by Gasteiger charge is 2.15. The van der Waals surface area contributed by atoms with Gasteiger partial charge in [-0.1, -0.05) is 0 Å². The molecule has 22 heavy (non-hydrogen) atoms. The van der Waals surface area contributed by atoms with Crippen molar-refractivity contribution in [3.8, 4) is 0 Å². The van der Waals surface area contributed by atoms with Crippen molar-refractivity contribution in [2.45, 2.75) is 24.0 Å². The Balaban J connectivity index is 1.92. The molecule has 1 atom stereocenters. The first-order valence-corrected chi connectivity index (χ1v) is 7.55. The van der Waals surface area contributed by atoms with Crippen LogP contribution in [0.5, 0.6) is 0 Å². The van der Waals surface area contributed by atoms with Crippen LogP contribution in [-0.2, 0) is 9.59 Å². The zero-order chi connectivity index (χ0) is 15.9. The molecule has 1 unspecified atom stereocenters. The Morgan fingerprint density at radius 3 is 2.32 bits per heavy atom. The lowest BCUT2D eigenvalue weighted by atomic mass is 10.3. The van der Waals surface area contributed by atoms with Crippen LogP contribution in [0.4, 0.5) is 11.6 Å². The molecular formula is C15H16N4O2S. The van der Waals surface area contributed by atoms with Gasteiger partial charge in [0, 0.05) is 29.9 Å².